The average Bonchev–Trinajstić information content (AvgIpc) is 2.14. The van der Waals surface area contributed by atoms with E-state index in [1.807, 2.05) is 51.1 Å². The number of hydrogen-bond acceptors (Lipinski definition) is 2. The van der Waals surface area contributed by atoms with Gasteiger partial charge in [-0.1, -0.05) is 30.3 Å². The van der Waals surface area contributed by atoms with Crippen LogP contribution in [0.5, 0.6) is 0 Å². The van der Waals surface area contributed by atoms with Crippen LogP contribution in [0.2, 0.25) is 0 Å². The van der Waals surface area contributed by atoms with E-state index in [1.165, 1.54) is 0 Å². The molecule has 0 saturated heterocycles. The maximum atomic E-state index is 11.6. The number of ketones is 1. The summed E-state index contributed by atoms with van der Waals surface area (Å²) in [5.41, 5.74) is 0.758. The lowest BCUT2D eigenvalue weighted by atomic mass is 10.1. The lowest BCUT2D eigenvalue weighted by Crippen LogP contribution is -2.39. The van der Waals surface area contributed by atoms with Crippen molar-refractivity contribution in [1.82, 2.24) is 5.32 Å². The number of carbonyl (C=O) groups is 1. The molecule has 0 spiro atoms. The van der Waals surface area contributed by atoms with Gasteiger partial charge in [0.15, 0.2) is 5.78 Å². The van der Waals surface area contributed by atoms with E-state index in [-0.39, 0.29) is 28.3 Å². The van der Waals surface area contributed by atoms with Crippen LogP contribution in [-0.2, 0) is 0 Å². The second-order valence-electron chi connectivity index (χ2n) is 4.39. The third-order valence-corrected chi connectivity index (χ3v) is 1.88. The second-order valence-corrected chi connectivity index (χ2v) is 4.39. The summed E-state index contributed by atoms with van der Waals surface area (Å²) in [5.74, 6) is 0.139. The summed E-state index contributed by atoms with van der Waals surface area (Å²) in [6.45, 7) is 6.54. The molecule has 0 aliphatic carbocycles. The highest BCUT2D eigenvalue weighted by Gasteiger charge is 2.11. The predicted molar refractivity (Wildman–Crippen MR) is 68.9 cm³/mol. The molecule has 0 amide bonds. The molecule has 0 atom stereocenters. The summed E-state index contributed by atoms with van der Waals surface area (Å²) in [6.07, 6.45) is 0. The smallest absolute Gasteiger partial charge is 0.176 e. The van der Waals surface area contributed by atoms with Crippen molar-refractivity contribution in [3.05, 3.63) is 35.9 Å². The fourth-order valence-corrected chi connectivity index (χ4v) is 1.07. The van der Waals surface area contributed by atoms with Crippen LogP contribution in [0.4, 0.5) is 0 Å². The Kier molecular flexibility index (Phi) is 5.76. The molecule has 1 N–H and O–H groups in total. The molecule has 0 fully saturated rings. The number of halogens is 1. The first kappa shape index (κ1) is 14.3. The van der Waals surface area contributed by atoms with Crippen LogP contribution in [0.15, 0.2) is 30.3 Å². The number of benzene rings is 1. The van der Waals surface area contributed by atoms with Crippen molar-refractivity contribution in [2.24, 2.45) is 0 Å². The topological polar surface area (TPSA) is 29.1 Å². The van der Waals surface area contributed by atoms with E-state index in [1.54, 1.807) is 0 Å². The summed E-state index contributed by atoms with van der Waals surface area (Å²) in [5, 5.41) is 3.17. The summed E-state index contributed by atoms with van der Waals surface area (Å²) >= 11 is 0. The van der Waals surface area contributed by atoms with Crippen LogP contribution in [0.3, 0.4) is 0 Å². The van der Waals surface area contributed by atoms with Gasteiger partial charge in [0.2, 0.25) is 0 Å². The zero-order valence-electron chi connectivity index (χ0n) is 9.41. The molecule has 1 aromatic rings. The molecule has 1 rings (SSSR count). The highest BCUT2D eigenvalue weighted by molar-refractivity contribution is 8.93. The number of carbonyl (C=O) groups excluding carboxylic acids is 1. The molecule has 84 valence electrons. The first-order valence-electron chi connectivity index (χ1n) is 4.82. The maximum absolute atomic E-state index is 11.6. The van der Waals surface area contributed by atoms with Gasteiger partial charge >= 0.3 is 0 Å². The van der Waals surface area contributed by atoms with Crippen LogP contribution >= 0.6 is 17.0 Å². The number of rotatable bonds is 3. The Morgan fingerprint density at radius 1 is 1.20 bits per heavy atom. The maximum Gasteiger partial charge on any atom is 0.176 e. The van der Waals surface area contributed by atoms with Gasteiger partial charge in [-0.25, -0.2) is 0 Å². The Morgan fingerprint density at radius 3 is 2.20 bits per heavy atom. The van der Waals surface area contributed by atoms with Crippen LogP contribution in [0.1, 0.15) is 31.1 Å². The highest BCUT2D eigenvalue weighted by Crippen LogP contribution is 2.02. The van der Waals surface area contributed by atoms with Gasteiger partial charge < -0.3 is 5.32 Å². The molecule has 0 unspecified atom stereocenters. The second kappa shape index (κ2) is 6.03. The normalized spacial score (nSPS) is 10.6. The van der Waals surface area contributed by atoms with Gasteiger partial charge in [0.25, 0.3) is 0 Å². The van der Waals surface area contributed by atoms with Crippen LogP contribution in [0, 0.1) is 0 Å². The summed E-state index contributed by atoms with van der Waals surface area (Å²) in [7, 11) is 0. The van der Waals surface area contributed by atoms with E-state index < -0.39 is 0 Å². The Morgan fingerprint density at radius 2 is 1.73 bits per heavy atom. The third kappa shape index (κ3) is 5.70. The Labute approximate surface area is 102 Å². The van der Waals surface area contributed by atoms with E-state index in [2.05, 4.69) is 5.32 Å². The van der Waals surface area contributed by atoms with E-state index in [0.29, 0.717) is 6.54 Å². The average molecular weight is 272 g/mol. The molecule has 0 aliphatic rings. The molecule has 0 radical (unpaired) electrons. The molecule has 3 heteroatoms. The van der Waals surface area contributed by atoms with Gasteiger partial charge in [-0.3, -0.25) is 4.79 Å². The molecular weight excluding hydrogens is 254 g/mol. The Hall–Kier alpha value is -0.670. The molecular formula is C12H18BrNO. The van der Waals surface area contributed by atoms with Crippen LogP contribution < -0.4 is 5.32 Å². The van der Waals surface area contributed by atoms with E-state index in [4.69, 9.17) is 0 Å². The number of nitrogens with one attached hydrogen (secondary N) is 1. The molecule has 0 saturated carbocycles. The van der Waals surface area contributed by atoms with Gasteiger partial charge in [-0.2, -0.15) is 0 Å². The van der Waals surface area contributed by atoms with Crippen LogP contribution in [-0.4, -0.2) is 17.9 Å². The minimum absolute atomic E-state index is 0. The fraction of sp³-hybridized carbons (Fsp3) is 0.417. The van der Waals surface area contributed by atoms with Gasteiger partial charge in [-0.15, -0.1) is 17.0 Å². The number of hydrogen-bond donors (Lipinski definition) is 1. The molecule has 1 aromatic carbocycles. The zero-order valence-corrected chi connectivity index (χ0v) is 11.1. The monoisotopic (exact) mass is 271 g/mol. The summed E-state index contributed by atoms with van der Waals surface area (Å²) in [4.78, 5) is 11.6. The third-order valence-electron chi connectivity index (χ3n) is 1.88. The van der Waals surface area contributed by atoms with Crippen LogP contribution in [0.25, 0.3) is 0 Å². The van der Waals surface area contributed by atoms with Gasteiger partial charge in [0.1, 0.15) is 0 Å². The highest BCUT2D eigenvalue weighted by atomic mass is 79.9. The molecule has 15 heavy (non-hydrogen) atoms. The van der Waals surface area contributed by atoms with Crippen molar-refractivity contribution in [3.8, 4) is 0 Å². The molecule has 0 aromatic heterocycles. The Bertz CT molecular complexity index is 303. The zero-order chi connectivity index (χ0) is 10.6. The molecule has 0 aliphatic heterocycles. The summed E-state index contributed by atoms with van der Waals surface area (Å²) in [6, 6.07) is 9.35. The SMILES string of the molecule is Br.CC(C)(C)NCC(=O)c1ccccc1. The van der Waals surface area contributed by atoms with E-state index >= 15 is 0 Å². The predicted octanol–water partition coefficient (Wildman–Crippen LogP) is 2.84. The van der Waals surface area contributed by atoms with Crippen molar-refractivity contribution in [2.75, 3.05) is 6.54 Å². The van der Waals surface area contributed by atoms with Crippen molar-refractivity contribution >= 4 is 22.8 Å². The molecule has 0 heterocycles. The van der Waals surface area contributed by atoms with E-state index in [0.717, 1.165) is 5.56 Å². The quantitative estimate of drug-likeness (QED) is 0.857. The first-order valence-corrected chi connectivity index (χ1v) is 4.82. The minimum Gasteiger partial charge on any atom is -0.305 e. The first-order chi connectivity index (χ1) is 6.49. The molecule has 2 nitrogen and oxygen atoms in total. The van der Waals surface area contributed by atoms with Crippen molar-refractivity contribution in [1.29, 1.82) is 0 Å². The largest absolute Gasteiger partial charge is 0.305 e. The lowest BCUT2D eigenvalue weighted by Gasteiger charge is -2.19. The van der Waals surface area contributed by atoms with Gasteiger partial charge in [0, 0.05) is 11.1 Å². The molecule has 0 bridgehead atoms. The number of Topliss-reactive ketones (excluding diaryl/α,β-unsaturated/α-hetero) is 1. The minimum atomic E-state index is -0.00948. The summed E-state index contributed by atoms with van der Waals surface area (Å²) < 4.78 is 0. The van der Waals surface area contributed by atoms with Crippen molar-refractivity contribution in [2.45, 2.75) is 26.3 Å². The van der Waals surface area contributed by atoms with Crippen molar-refractivity contribution < 1.29 is 4.79 Å². The van der Waals surface area contributed by atoms with Crippen molar-refractivity contribution in [3.63, 3.8) is 0 Å². The standard InChI is InChI=1S/C12H17NO.BrH/c1-12(2,3)13-9-11(14)10-7-5-4-6-8-10;/h4-8,13H,9H2,1-3H3;1H. The lowest BCUT2D eigenvalue weighted by molar-refractivity contribution is 0.0982. The fourth-order valence-electron chi connectivity index (χ4n) is 1.07. The van der Waals surface area contributed by atoms with Gasteiger partial charge in [-0.05, 0) is 20.8 Å². The van der Waals surface area contributed by atoms with E-state index in [9.17, 15) is 4.79 Å². The Balaban J connectivity index is 0.00000196. The van der Waals surface area contributed by atoms with Gasteiger partial charge in [0.05, 0.1) is 6.54 Å².